The van der Waals surface area contributed by atoms with E-state index in [0.717, 1.165) is 5.56 Å². The SMILES string of the molecule is C#C[C@]1(O)CCN(S(=O)(=O)c2ccc(C)cc2)C[C@@H]1C(=C)C. The molecular formula is C17H21NO3S. The van der Waals surface area contributed by atoms with Gasteiger partial charge >= 0.3 is 0 Å². The molecule has 0 amide bonds. The molecule has 0 bridgehead atoms. The van der Waals surface area contributed by atoms with Gasteiger partial charge in [-0.05, 0) is 26.0 Å². The van der Waals surface area contributed by atoms with Crippen molar-refractivity contribution in [3.63, 3.8) is 0 Å². The monoisotopic (exact) mass is 319 g/mol. The van der Waals surface area contributed by atoms with Crippen LogP contribution in [0.4, 0.5) is 0 Å². The zero-order valence-electron chi connectivity index (χ0n) is 12.9. The predicted molar refractivity (Wildman–Crippen MR) is 86.6 cm³/mol. The Morgan fingerprint density at radius 3 is 2.55 bits per heavy atom. The first-order chi connectivity index (χ1) is 10.2. The molecular weight excluding hydrogens is 298 g/mol. The average molecular weight is 319 g/mol. The summed E-state index contributed by atoms with van der Waals surface area (Å²) in [5.41, 5.74) is 0.355. The van der Waals surface area contributed by atoms with Crippen LogP contribution in [-0.4, -0.2) is 36.5 Å². The maximum atomic E-state index is 12.7. The van der Waals surface area contributed by atoms with Crippen molar-refractivity contribution in [1.82, 2.24) is 4.31 Å². The minimum absolute atomic E-state index is 0.145. The predicted octanol–water partition coefficient (Wildman–Crippen LogP) is 1.95. The van der Waals surface area contributed by atoms with Crippen LogP contribution in [0.5, 0.6) is 0 Å². The fourth-order valence-electron chi connectivity index (χ4n) is 2.73. The lowest BCUT2D eigenvalue weighted by Gasteiger charge is -2.41. The second-order valence-corrected chi connectivity index (χ2v) is 7.83. The van der Waals surface area contributed by atoms with Crippen LogP contribution in [0.1, 0.15) is 18.9 Å². The Kier molecular flexibility index (Phi) is 4.48. The van der Waals surface area contributed by atoms with E-state index in [1.807, 2.05) is 6.92 Å². The van der Waals surface area contributed by atoms with Crippen molar-refractivity contribution in [3.05, 3.63) is 42.0 Å². The van der Waals surface area contributed by atoms with E-state index in [2.05, 4.69) is 12.5 Å². The van der Waals surface area contributed by atoms with Gasteiger partial charge in [-0.3, -0.25) is 0 Å². The van der Waals surface area contributed by atoms with Gasteiger partial charge in [0.2, 0.25) is 10.0 Å². The van der Waals surface area contributed by atoms with Gasteiger partial charge in [-0.2, -0.15) is 4.31 Å². The van der Waals surface area contributed by atoms with E-state index in [-0.39, 0.29) is 24.4 Å². The van der Waals surface area contributed by atoms with Gasteiger partial charge in [0.25, 0.3) is 0 Å². The molecule has 1 fully saturated rings. The largest absolute Gasteiger partial charge is 0.377 e. The molecule has 0 radical (unpaired) electrons. The summed E-state index contributed by atoms with van der Waals surface area (Å²) in [6, 6.07) is 6.74. The van der Waals surface area contributed by atoms with E-state index >= 15 is 0 Å². The number of piperidine rings is 1. The number of terminal acetylenes is 1. The maximum Gasteiger partial charge on any atom is 0.243 e. The van der Waals surface area contributed by atoms with Crippen LogP contribution in [0.25, 0.3) is 0 Å². The number of sulfonamides is 1. The Bertz CT molecular complexity index is 715. The second-order valence-electron chi connectivity index (χ2n) is 5.89. The highest BCUT2D eigenvalue weighted by Crippen LogP contribution is 2.34. The third-order valence-electron chi connectivity index (χ3n) is 4.21. The molecule has 0 unspecified atom stereocenters. The molecule has 0 saturated carbocycles. The van der Waals surface area contributed by atoms with Crippen LogP contribution in [0.2, 0.25) is 0 Å². The van der Waals surface area contributed by atoms with Crippen LogP contribution < -0.4 is 0 Å². The quantitative estimate of drug-likeness (QED) is 0.684. The number of hydrogen-bond acceptors (Lipinski definition) is 3. The topological polar surface area (TPSA) is 57.6 Å². The van der Waals surface area contributed by atoms with Crippen LogP contribution in [0, 0.1) is 25.2 Å². The molecule has 0 aliphatic carbocycles. The molecule has 0 spiro atoms. The molecule has 1 aromatic rings. The van der Waals surface area contributed by atoms with Gasteiger partial charge in [-0.1, -0.05) is 35.8 Å². The Morgan fingerprint density at radius 1 is 1.45 bits per heavy atom. The van der Waals surface area contributed by atoms with Crippen LogP contribution in [0.15, 0.2) is 41.3 Å². The second kappa shape index (κ2) is 5.88. The van der Waals surface area contributed by atoms with E-state index in [0.29, 0.717) is 5.57 Å². The van der Waals surface area contributed by atoms with Crippen molar-refractivity contribution < 1.29 is 13.5 Å². The van der Waals surface area contributed by atoms with Crippen molar-refractivity contribution in [2.75, 3.05) is 13.1 Å². The summed E-state index contributed by atoms with van der Waals surface area (Å²) in [7, 11) is -3.59. The van der Waals surface area contributed by atoms with Gasteiger partial charge in [-0.25, -0.2) is 8.42 Å². The first kappa shape index (κ1) is 16.8. The summed E-state index contributed by atoms with van der Waals surface area (Å²) in [5.74, 6) is 1.94. The van der Waals surface area contributed by atoms with Crippen LogP contribution in [0.3, 0.4) is 0 Å². The molecule has 1 aliphatic rings. The van der Waals surface area contributed by atoms with Gasteiger partial charge in [0.15, 0.2) is 0 Å². The molecule has 5 heteroatoms. The summed E-state index contributed by atoms with van der Waals surface area (Å²) in [6.07, 6.45) is 5.64. The highest BCUT2D eigenvalue weighted by molar-refractivity contribution is 7.89. The fraction of sp³-hybridized carbons (Fsp3) is 0.412. The lowest BCUT2D eigenvalue weighted by Crippen LogP contribution is -2.53. The van der Waals surface area contributed by atoms with Crippen molar-refractivity contribution in [2.45, 2.75) is 30.8 Å². The molecule has 1 saturated heterocycles. The fourth-order valence-corrected chi connectivity index (χ4v) is 4.18. The molecule has 118 valence electrons. The Labute approximate surface area is 132 Å². The van der Waals surface area contributed by atoms with E-state index in [1.165, 1.54) is 4.31 Å². The molecule has 2 atom stereocenters. The van der Waals surface area contributed by atoms with Crippen molar-refractivity contribution >= 4 is 10.0 Å². The standard InChI is InChI=1S/C17H21NO3S/c1-5-17(19)10-11-18(12-16(17)13(2)3)22(20,21)15-8-6-14(4)7-9-15/h1,6-9,16,19H,2,10-12H2,3-4H3/t16-,17+/m1/s1. The van der Waals surface area contributed by atoms with E-state index in [1.54, 1.807) is 31.2 Å². The molecule has 1 N–H and O–H groups in total. The van der Waals surface area contributed by atoms with Crippen molar-refractivity contribution in [2.24, 2.45) is 5.92 Å². The Hall–Kier alpha value is -1.61. The highest BCUT2D eigenvalue weighted by Gasteiger charge is 2.43. The lowest BCUT2D eigenvalue weighted by molar-refractivity contribution is 0.00881. The van der Waals surface area contributed by atoms with Crippen molar-refractivity contribution in [3.8, 4) is 12.3 Å². The zero-order chi connectivity index (χ0) is 16.5. The molecule has 2 rings (SSSR count). The Morgan fingerprint density at radius 2 is 2.05 bits per heavy atom. The minimum atomic E-state index is -3.59. The third-order valence-corrected chi connectivity index (χ3v) is 6.09. The van der Waals surface area contributed by atoms with Gasteiger partial charge in [0.1, 0.15) is 5.60 Å². The number of hydrogen-bond donors (Lipinski definition) is 1. The third kappa shape index (κ3) is 2.95. The summed E-state index contributed by atoms with van der Waals surface area (Å²) in [5, 5.41) is 10.5. The minimum Gasteiger partial charge on any atom is -0.377 e. The average Bonchev–Trinajstić information content (AvgIpc) is 2.47. The summed E-state index contributed by atoms with van der Waals surface area (Å²) < 4.78 is 26.8. The molecule has 1 aromatic carbocycles. The van der Waals surface area contributed by atoms with Gasteiger partial charge < -0.3 is 5.11 Å². The van der Waals surface area contributed by atoms with E-state index in [4.69, 9.17) is 6.42 Å². The van der Waals surface area contributed by atoms with Gasteiger partial charge in [0, 0.05) is 25.4 Å². The normalized spacial score (nSPS) is 26.4. The highest BCUT2D eigenvalue weighted by atomic mass is 32.2. The first-order valence-electron chi connectivity index (χ1n) is 7.13. The molecule has 1 heterocycles. The number of aryl methyl sites for hydroxylation is 1. The molecule has 22 heavy (non-hydrogen) atoms. The summed E-state index contributed by atoms with van der Waals surface area (Å²) >= 11 is 0. The molecule has 4 nitrogen and oxygen atoms in total. The Balaban J connectivity index is 2.33. The summed E-state index contributed by atoms with van der Waals surface area (Å²) in [6.45, 7) is 7.85. The molecule has 1 aliphatic heterocycles. The van der Waals surface area contributed by atoms with Crippen LogP contribution >= 0.6 is 0 Å². The van der Waals surface area contributed by atoms with E-state index in [9.17, 15) is 13.5 Å². The lowest BCUT2D eigenvalue weighted by atomic mass is 9.79. The number of nitrogens with zero attached hydrogens (tertiary/aromatic N) is 1. The first-order valence-corrected chi connectivity index (χ1v) is 8.57. The zero-order valence-corrected chi connectivity index (χ0v) is 13.7. The molecule has 0 aromatic heterocycles. The van der Waals surface area contributed by atoms with Crippen LogP contribution in [-0.2, 0) is 10.0 Å². The number of benzene rings is 1. The van der Waals surface area contributed by atoms with Gasteiger partial charge in [-0.15, -0.1) is 6.42 Å². The smallest absolute Gasteiger partial charge is 0.243 e. The summed E-state index contributed by atoms with van der Waals surface area (Å²) in [4.78, 5) is 0.254. The number of aliphatic hydroxyl groups is 1. The van der Waals surface area contributed by atoms with E-state index < -0.39 is 21.5 Å². The number of rotatable bonds is 3. The maximum absolute atomic E-state index is 12.7. The van der Waals surface area contributed by atoms with Gasteiger partial charge in [0.05, 0.1) is 4.90 Å². The van der Waals surface area contributed by atoms with Crippen molar-refractivity contribution in [1.29, 1.82) is 0 Å².